The molecule has 2 heterocycles. The van der Waals surface area contributed by atoms with Gasteiger partial charge >= 0.3 is 0 Å². The summed E-state index contributed by atoms with van der Waals surface area (Å²) in [6.45, 7) is 2.97. The Morgan fingerprint density at radius 2 is 1.90 bits per heavy atom. The van der Waals surface area contributed by atoms with E-state index in [-0.39, 0.29) is 34.8 Å². The number of carbonyl (C=O) groups is 1. The van der Waals surface area contributed by atoms with Crippen molar-refractivity contribution in [2.45, 2.75) is 25.9 Å². The van der Waals surface area contributed by atoms with Crippen molar-refractivity contribution in [1.82, 2.24) is 9.47 Å². The number of likely N-dealkylation sites (tertiary alicyclic amines) is 1. The first-order valence-corrected chi connectivity index (χ1v) is 7.12. The lowest BCUT2D eigenvalue weighted by Crippen LogP contribution is -2.48. The summed E-state index contributed by atoms with van der Waals surface area (Å²) in [6.07, 6.45) is 3.29. The molecule has 0 radical (unpaired) electrons. The summed E-state index contributed by atoms with van der Waals surface area (Å²) in [7, 11) is 1.83. The summed E-state index contributed by atoms with van der Waals surface area (Å²) >= 11 is 0. The third kappa shape index (κ3) is 2.06. The lowest BCUT2D eigenvalue weighted by atomic mass is 9.94. The fraction of sp³-hybridized carbons (Fsp3) is 0.600. The average molecular weight is 276 g/mol. The monoisotopic (exact) mass is 276 g/mol. The number of aryl methyl sites for hydroxylation is 2. The predicted molar refractivity (Wildman–Crippen MR) is 74.5 cm³/mol. The second-order valence-corrected chi connectivity index (χ2v) is 6.10. The molecule has 1 N–H and O–H groups in total. The van der Waals surface area contributed by atoms with E-state index in [9.17, 15) is 14.7 Å². The topological polar surface area (TPSA) is 62.5 Å². The van der Waals surface area contributed by atoms with Crippen LogP contribution in [0.25, 0.3) is 0 Å². The van der Waals surface area contributed by atoms with Crippen LogP contribution in [0.15, 0.2) is 17.1 Å². The van der Waals surface area contributed by atoms with Crippen molar-refractivity contribution < 1.29 is 9.90 Å². The van der Waals surface area contributed by atoms with Gasteiger partial charge in [0.15, 0.2) is 5.43 Å². The number of piperidine rings is 1. The van der Waals surface area contributed by atoms with Crippen LogP contribution in [0.3, 0.4) is 0 Å². The normalized spacial score (nSPS) is 28.8. The summed E-state index contributed by atoms with van der Waals surface area (Å²) in [5.41, 5.74) is 0.846. The van der Waals surface area contributed by atoms with Crippen LogP contribution in [0.4, 0.5) is 0 Å². The molecule has 2 fully saturated rings. The van der Waals surface area contributed by atoms with Gasteiger partial charge in [-0.2, -0.15) is 0 Å². The highest BCUT2D eigenvalue weighted by Crippen LogP contribution is 2.37. The molecule has 1 aromatic heterocycles. The van der Waals surface area contributed by atoms with E-state index in [2.05, 4.69) is 0 Å². The van der Waals surface area contributed by atoms with Gasteiger partial charge in [0.1, 0.15) is 5.56 Å². The van der Waals surface area contributed by atoms with Crippen LogP contribution in [-0.4, -0.2) is 39.7 Å². The van der Waals surface area contributed by atoms with Crippen molar-refractivity contribution in [2.24, 2.45) is 18.9 Å². The van der Waals surface area contributed by atoms with E-state index in [0.29, 0.717) is 13.1 Å². The van der Waals surface area contributed by atoms with Crippen molar-refractivity contribution >= 4 is 5.91 Å². The number of amides is 1. The molecule has 108 valence electrons. The zero-order valence-corrected chi connectivity index (χ0v) is 11.9. The van der Waals surface area contributed by atoms with Crippen molar-refractivity contribution in [2.75, 3.05) is 13.1 Å². The molecule has 1 saturated heterocycles. The molecule has 2 aliphatic rings. The van der Waals surface area contributed by atoms with Crippen LogP contribution in [0.1, 0.15) is 28.9 Å². The number of hydrogen-bond acceptors (Lipinski definition) is 3. The summed E-state index contributed by atoms with van der Waals surface area (Å²) in [4.78, 5) is 26.3. The van der Waals surface area contributed by atoms with Gasteiger partial charge in [0, 0.05) is 49.9 Å². The van der Waals surface area contributed by atoms with E-state index in [1.165, 1.54) is 6.07 Å². The van der Waals surface area contributed by atoms with E-state index in [1.54, 1.807) is 15.7 Å². The molecular weight excluding hydrogens is 256 g/mol. The summed E-state index contributed by atoms with van der Waals surface area (Å²) in [5, 5.41) is 10.0. The molecule has 0 aromatic carbocycles. The third-order valence-corrected chi connectivity index (χ3v) is 4.79. The standard InChI is InChI=1S/C15H20N2O3/c1-9-5-13(18)12(8-16(9)2)15(20)17-6-10-3-4-11(7-17)14(10)19/h5,8,10-11,14,19H,3-4,6-7H2,1-2H3/t10-,11+,14?. The first-order valence-electron chi connectivity index (χ1n) is 7.12. The second-order valence-electron chi connectivity index (χ2n) is 6.10. The molecule has 3 atom stereocenters. The zero-order valence-electron chi connectivity index (χ0n) is 11.9. The summed E-state index contributed by atoms with van der Waals surface area (Å²) < 4.78 is 1.79. The van der Waals surface area contributed by atoms with E-state index in [0.717, 1.165) is 18.5 Å². The molecule has 3 rings (SSSR count). The van der Waals surface area contributed by atoms with Gasteiger partial charge in [-0.05, 0) is 19.8 Å². The molecule has 5 heteroatoms. The highest BCUT2D eigenvalue weighted by atomic mass is 16.3. The first-order chi connectivity index (χ1) is 9.47. The minimum Gasteiger partial charge on any atom is -0.392 e. The average Bonchev–Trinajstić information content (AvgIpc) is 2.65. The maximum absolute atomic E-state index is 12.5. The van der Waals surface area contributed by atoms with Crippen molar-refractivity contribution in [3.8, 4) is 0 Å². The van der Waals surface area contributed by atoms with Gasteiger partial charge in [-0.25, -0.2) is 0 Å². The Hall–Kier alpha value is -1.62. The van der Waals surface area contributed by atoms with Gasteiger partial charge in [-0.3, -0.25) is 9.59 Å². The number of nitrogens with zero attached hydrogens (tertiary/aromatic N) is 2. The van der Waals surface area contributed by atoms with E-state index in [1.807, 2.05) is 14.0 Å². The zero-order chi connectivity index (χ0) is 14.4. The Kier molecular flexibility index (Phi) is 3.17. The molecule has 20 heavy (non-hydrogen) atoms. The van der Waals surface area contributed by atoms with Gasteiger partial charge in [-0.15, -0.1) is 0 Å². The van der Waals surface area contributed by atoms with Gasteiger partial charge in [0.25, 0.3) is 5.91 Å². The number of pyridine rings is 1. The fourth-order valence-electron chi connectivity index (χ4n) is 3.42. The molecule has 1 unspecified atom stereocenters. The maximum Gasteiger partial charge on any atom is 0.259 e. The fourth-order valence-corrected chi connectivity index (χ4v) is 3.42. The van der Waals surface area contributed by atoms with Gasteiger partial charge in [0.05, 0.1) is 6.10 Å². The molecule has 1 amide bonds. The van der Waals surface area contributed by atoms with Crippen LogP contribution >= 0.6 is 0 Å². The highest BCUT2D eigenvalue weighted by Gasteiger charge is 2.42. The second kappa shape index (κ2) is 4.74. The largest absolute Gasteiger partial charge is 0.392 e. The number of fused-ring (bicyclic) bond motifs is 2. The minimum atomic E-state index is -0.278. The molecular formula is C15H20N2O3. The van der Waals surface area contributed by atoms with E-state index in [4.69, 9.17) is 0 Å². The number of rotatable bonds is 1. The van der Waals surface area contributed by atoms with Crippen molar-refractivity contribution in [3.63, 3.8) is 0 Å². The molecule has 0 spiro atoms. The van der Waals surface area contributed by atoms with Crippen LogP contribution in [0.5, 0.6) is 0 Å². The maximum atomic E-state index is 12.5. The van der Waals surface area contributed by atoms with Crippen LogP contribution in [0.2, 0.25) is 0 Å². The van der Waals surface area contributed by atoms with Gasteiger partial charge < -0.3 is 14.6 Å². The molecule has 2 bridgehead atoms. The number of aliphatic hydroxyl groups excluding tert-OH is 1. The van der Waals surface area contributed by atoms with Crippen molar-refractivity contribution in [1.29, 1.82) is 0 Å². The Morgan fingerprint density at radius 1 is 1.30 bits per heavy atom. The Bertz CT molecular complexity index is 594. The number of aromatic nitrogens is 1. The molecule has 1 saturated carbocycles. The quantitative estimate of drug-likeness (QED) is 0.814. The van der Waals surface area contributed by atoms with Crippen LogP contribution in [0, 0.1) is 18.8 Å². The summed E-state index contributed by atoms with van der Waals surface area (Å²) in [5.74, 6) is 0.147. The van der Waals surface area contributed by atoms with E-state index < -0.39 is 0 Å². The summed E-state index contributed by atoms with van der Waals surface area (Å²) in [6, 6.07) is 1.50. The number of carbonyl (C=O) groups excluding carboxylic acids is 1. The SMILES string of the molecule is Cc1cc(=O)c(C(=O)N2C[C@H]3CC[C@@H](C2)C3O)cn1C. The Morgan fingerprint density at radius 3 is 2.50 bits per heavy atom. The highest BCUT2D eigenvalue weighted by molar-refractivity contribution is 5.94. The molecule has 1 aliphatic carbocycles. The number of hydrogen-bond donors (Lipinski definition) is 1. The smallest absolute Gasteiger partial charge is 0.259 e. The third-order valence-electron chi connectivity index (χ3n) is 4.79. The Labute approximate surface area is 117 Å². The number of aliphatic hydroxyl groups is 1. The minimum absolute atomic E-state index is 0.173. The lowest BCUT2D eigenvalue weighted by Gasteiger charge is -2.35. The van der Waals surface area contributed by atoms with Gasteiger partial charge in [0.2, 0.25) is 0 Å². The lowest BCUT2D eigenvalue weighted by molar-refractivity contribution is 0.0165. The predicted octanol–water partition coefficient (Wildman–Crippen LogP) is 0.537. The van der Waals surface area contributed by atoms with Gasteiger partial charge in [-0.1, -0.05) is 0 Å². The van der Waals surface area contributed by atoms with Crippen LogP contribution < -0.4 is 5.43 Å². The Balaban J connectivity index is 1.87. The first kappa shape index (κ1) is 13.4. The molecule has 5 nitrogen and oxygen atoms in total. The molecule has 1 aliphatic heterocycles. The van der Waals surface area contributed by atoms with E-state index >= 15 is 0 Å². The van der Waals surface area contributed by atoms with Crippen LogP contribution in [-0.2, 0) is 7.05 Å². The molecule has 1 aromatic rings. The van der Waals surface area contributed by atoms with Crippen molar-refractivity contribution in [3.05, 3.63) is 33.7 Å².